The largest absolute Gasteiger partial charge is 0.462 e. The van der Waals surface area contributed by atoms with E-state index in [1.165, 1.54) is 12.1 Å². The van der Waals surface area contributed by atoms with Gasteiger partial charge in [0.15, 0.2) is 0 Å². The van der Waals surface area contributed by atoms with Gasteiger partial charge in [-0.15, -0.1) is 0 Å². The monoisotopic (exact) mass is 212 g/mol. The van der Waals surface area contributed by atoms with Gasteiger partial charge in [-0.25, -0.2) is 4.79 Å². The van der Waals surface area contributed by atoms with E-state index in [0.29, 0.717) is 12.2 Å². The Balaban J connectivity index is 2.06. The molecule has 1 aliphatic heterocycles. The van der Waals surface area contributed by atoms with Gasteiger partial charge >= 0.3 is 5.97 Å². The van der Waals surface area contributed by atoms with Gasteiger partial charge in [-0.3, -0.25) is 0 Å². The third kappa shape index (κ3) is 2.98. The number of hydrogen-bond acceptors (Lipinski definition) is 2. The smallest absolute Gasteiger partial charge is 0.333 e. The van der Waals surface area contributed by atoms with E-state index in [4.69, 9.17) is 4.74 Å². The Labute approximate surface area is 87.3 Å². The van der Waals surface area contributed by atoms with Crippen LogP contribution in [0.15, 0.2) is 12.2 Å². The molecule has 1 rings (SSSR count). The van der Waals surface area contributed by atoms with Crippen molar-refractivity contribution in [3.05, 3.63) is 12.2 Å². The van der Waals surface area contributed by atoms with Gasteiger partial charge in [0.05, 0.1) is 14.7 Å². The van der Waals surface area contributed by atoms with Crippen LogP contribution in [0.2, 0.25) is 24.2 Å². The maximum absolute atomic E-state index is 11.0. The van der Waals surface area contributed by atoms with Crippen LogP contribution in [0.4, 0.5) is 0 Å². The van der Waals surface area contributed by atoms with Crippen LogP contribution in [-0.2, 0) is 9.53 Å². The van der Waals surface area contributed by atoms with Crippen LogP contribution in [-0.4, -0.2) is 20.7 Å². The molecule has 0 radical (unpaired) electrons. The van der Waals surface area contributed by atoms with E-state index in [2.05, 4.69) is 20.0 Å². The van der Waals surface area contributed by atoms with E-state index < -0.39 is 8.07 Å². The Morgan fingerprint density at radius 3 is 2.64 bits per heavy atom. The lowest BCUT2D eigenvalue weighted by Gasteiger charge is -2.08. The summed E-state index contributed by atoms with van der Waals surface area (Å²) in [5.41, 5.74) is 1.48. The Kier molecular flexibility index (Phi) is 3.53. The van der Waals surface area contributed by atoms with Crippen LogP contribution in [0.25, 0.3) is 0 Å². The molecule has 0 amide bonds. The predicted molar refractivity (Wildman–Crippen MR) is 61.0 cm³/mol. The van der Waals surface area contributed by atoms with Crippen LogP contribution in [0.3, 0.4) is 0 Å². The van der Waals surface area contributed by atoms with E-state index in [-0.39, 0.29) is 5.97 Å². The molecule has 0 bridgehead atoms. The maximum atomic E-state index is 11.0. The Hall–Kier alpha value is -0.573. The zero-order valence-corrected chi connectivity index (χ0v) is 10.4. The number of rotatable bonds is 5. The fraction of sp³-hybridized carbons (Fsp3) is 0.727. The van der Waals surface area contributed by atoms with Crippen molar-refractivity contribution in [1.82, 2.24) is 0 Å². The molecular formula is C11H20O2Si. The van der Waals surface area contributed by atoms with Crippen LogP contribution < -0.4 is 0 Å². The molecule has 2 nitrogen and oxygen atoms in total. The summed E-state index contributed by atoms with van der Waals surface area (Å²) in [6.07, 6.45) is 1.03. The van der Waals surface area contributed by atoms with Crippen molar-refractivity contribution < 1.29 is 9.53 Å². The van der Waals surface area contributed by atoms with Crippen molar-refractivity contribution in [3.63, 3.8) is 0 Å². The second kappa shape index (κ2) is 4.30. The maximum Gasteiger partial charge on any atom is 0.333 e. The molecule has 1 heterocycles. The summed E-state index contributed by atoms with van der Waals surface area (Å²) in [4.78, 5) is 11.0. The first kappa shape index (κ1) is 11.5. The Bertz CT molecular complexity index is 250. The number of ether oxygens (including phenoxy) is 1. The van der Waals surface area contributed by atoms with Gasteiger partial charge in [0, 0.05) is 5.57 Å². The van der Waals surface area contributed by atoms with E-state index in [9.17, 15) is 4.79 Å². The molecule has 1 aliphatic rings. The van der Waals surface area contributed by atoms with Crippen molar-refractivity contribution in [2.45, 2.75) is 44.4 Å². The zero-order chi connectivity index (χ0) is 10.8. The molecule has 0 aromatic rings. The Morgan fingerprint density at radius 1 is 1.64 bits per heavy atom. The van der Waals surface area contributed by atoms with Crippen LogP contribution >= 0.6 is 0 Å². The number of carbonyl (C=O) groups is 1. The van der Waals surface area contributed by atoms with E-state index in [0.717, 1.165) is 12.0 Å². The van der Waals surface area contributed by atoms with Crippen molar-refractivity contribution in [2.24, 2.45) is 0 Å². The van der Waals surface area contributed by atoms with Gasteiger partial charge in [0.25, 0.3) is 0 Å². The molecule has 0 spiro atoms. The minimum Gasteiger partial charge on any atom is -0.462 e. The third-order valence-electron chi connectivity index (χ3n) is 3.28. The van der Waals surface area contributed by atoms with Crippen molar-refractivity contribution in [3.8, 4) is 0 Å². The lowest BCUT2D eigenvalue weighted by atomic mass is 10.4. The van der Waals surface area contributed by atoms with E-state index >= 15 is 0 Å². The van der Waals surface area contributed by atoms with Gasteiger partial charge < -0.3 is 4.74 Å². The topological polar surface area (TPSA) is 26.3 Å². The summed E-state index contributed by atoms with van der Waals surface area (Å²) >= 11 is 0. The first-order chi connectivity index (χ1) is 6.46. The average Bonchev–Trinajstić information content (AvgIpc) is 2.68. The fourth-order valence-corrected chi connectivity index (χ4v) is 5.73. The lowest BCUT2D eigenvalue weighted by Crippen LogP contribution is -2.12. The molecule has 0 aromatic heterocycles. The normalized spacial score (nSPS) is 29.8. The molecule has 2 atom stereocenters. The molecule has 14 heavy (non-hydrogen) atoms. The second-order valence-corrected chi connectivity index (χ2v) is 9.98. The van der Waals surface area contributed by atoms with Crippen LogP contribution in [0, 0.1) is 0 Å². The van der Waals surface area contributed by atoms with Gasteiger partial charge in [0.1, 0.15) is 0 Å². The first-order valence-corrected chi connectivity index (χ1v) is 8.27. The molecule has 80 valence electrons. The SMILES string of the molecule is C=C(C)C(=O)OCCC[Si]1(C)CC1C. The standard InChI is InChI=1S/C11H20O2Si/c1-9(2)11(12)13-6-5-7-14(4)8-10(14)3/h10H,1,5-8H2,2-4H3. The average molecular weight is 212 g/mol. The number of carbonyl (C=O) groups excluding carboxylic acids is 1. The fourth-order valence-electron chi connectivity index (χ4n) is 1.75. The van der Waals surface area contributed by atoms with Crippen molar-refractivity contribution >= 4 is 14.0 Å². The number of hydrogen-bond donors (Lipinski definition) is 0. The number of esters is 1. The highest BCUT2D eigenvalue weighted by molar-refractivity contribution is 6.89. The highest BCUT2D eigenvalue weighted by Gasteiger charge is 2.47. The minimum atomic E-state index is -0.824. The minimum absolute atomic E-state index is 0.249. The molecule has 0 saturated carbocycles. The lowest BCUT2D eigenvalue weighted by molar-refractivity contribution is -0.138. The Morgan fingerprint density at radius 2 is 2.21 bits per heavy atom. The molecule has 1 saturated heterocycles. The summed E-state index contributed by atoms with van der Waals surface area (Å²) in [6.45, 7) is 10.6. The highest BCUT2D eigenvalue weighted by Crippen LogP contribution is 2.51. The highest BCUT2D eigenvalue weighted by atomic mass is 28.3. The molecule has 0 aromatic carbocycles. The molecule has 3 heteroatoms. The van der Waals surface area contributed by atoms with E-state index in [1.54, 1.807) is 6.92 Å². The molecule has 1 fully saturated rings. The zero-order valence-electron chi connectivity index (χ0n) is 9.43. The quantitative estimate of drug-likeness (QED) is 0.303. The summed E-state index contributed by atoms with van der Waals surface area (Å²) in [5.74, 6) is -0.249. The predicted octanol–water partition coefficient (Wildman–Crippen LogP) is 2.98. The first-order valence-electron chi connectivity index (χ1n) is 5.28. The van der Waals surface area contributed by atoms with Gasteiger partial charge in [-0.1, -0.05) is 37.7 Å². The van der Waals surface area contributed by atoms with E-state index in [1.807, 2.05) is 0 Å². The molecule has 2 unspecified atom stereocenters. The molecule has 0 aliphatic carbocycles. The van der Waals surface area contributed by atoms with Crippen molar-refractivity contribution in [2.75, 3.05) is 6.61 Å². The van der Waals surface area contributed by atoms with Crippen LogP contribution in [0.1, 0.15) is 20.3 Å². The molecular weight excluding hydrogens is 192 g/mol. The summed E-state index contributed by atoms with van der Waals surface area (Å²) < 4.78 is 5.05. The van der Waals surface area contributed by atoms with Gasteiger partial charge in [0.2, 0.25) is 0 Å². The third-order valence-corrected chi connectivity index (χ3v) is 8.38. The second-order valence-electron chi connectivity index (χ2n) is 4.78. The van der Waals surface area contributed by atoms with Crippen LogP contribution in [0.5, 0.6) is 0 Å². The van der Waals surface area contributed by atoms with Gasteiger partial charge in [-0.2, -0.15) is 0 Å². The summed E-state index contributed by atoms with van der Waals surface area (Å²) in [6, 6.07) is 2.76. The summed E-state index contributed by atoms with van der Waals surface area (Å²) in [5, 5.41) is 0. The molecule has 0 N–H and O–H groups in total. The van der Waals surface area contributed by atoms with Crippen molar-refractivity contribution in [1.29, 1.82) is 0 Å². The summed E-state index contributed by atoms with van der Waals surface area (Å²) in [7, 11) is -0.824. The van der Waals surface area contributed by atoms with Gasteiger partial charge in [-0.05, 0) is 13.3 Å².